The molecule has 0 aliphatic heterocycles. The molecule has 33 heavy (non-hydrogen) atoms. The summed E-state index contributed by atoms with van der Waals surface area (Å²) < 4.78 is 11.2. The largest absolute Gasteiger partial charge is 0.490 e. The van der Waals surface area contributed by atoms with Crippen molar-refractivity contribution >= 4 is 11.6 Å². The normalized spacial score (nSPS) is 13.9. The number of hydrogen-bond donors (Lipinski definition) is 2. The van der Waals surface area contributed by atoms with Gasteiger partial charge in [-0.3, -0.25) is 4.79 Å². The van der Waals surface area contributed by atoms with Gasteiger partial charge in [0, 0.05) is 18.0 Å². The van der Waals surface area contributed by atoms with Crippen molar-refractivity contribution < 1.29 is 14.3 Å². The number of ether oxygens (including phenoxy) is 2. The summed E-state index contributed by atoms with van der Waals surface area (Å²) >= 11 is 0. The van der Waals surface area contributed by atoms with Gasteiger partial charge in [-0.25, -0.2) is 0 Å². The van der Waals surface area contributed by atoms with Crippen LogP contribution in [0.2, 0.25) is 0 Å². The van der Waals surface area contributed by atoms with Crippen molar-refractivity contribution in [3.05, 3.63) is 64.9 Å². The van der Waals surface area contributed by atoms with Crippen LogP contribution < -0.4 is 20.1 Å². The second kappa shape index (κ2) is 12.0. The van der Waals surface area contributed by atoms with E-state index >= 15 is 0 Å². The fourth-order valence-corrected chi connectivity index (χ4v) is 4.07. The van der Waals surface area contributed by atoms with Crippen LogP contribution in [0.4, 0.5) is 5.69 Å². The standard InChI is InChI=1S/C27H33N3O3/c1-4-24(21-12-11-19-9-7-8-10-20(19)15-21)30-27(31)22(17-28)18-29-23-13-14-25(32-5-2)26(16-23)33-6-3/h11-16,18,24,29H,4-10H2,1-3H3,(H,30,31)/b22-18-. The summed E-state index contributed by atoms with van der Waals surface area (Å²) in [5.74, 6) is 0.868. The van der Waals surface area contributed by atoms with Gasteiger partial charge in [0.1, 0.15) is 11.6 Å². The molecule has 174 valence electrons. The van der Waals surface area contributed by atoms with Crippen LogP contribution >= 0.6 is 0 Å². The molecule has 0 aromatic heterocycles. The smallest absolute Gasteiger partial charge is 0.263 e. The van der Waals surface area contributed by atoms with Crippen LogP contribution in [0.3, 0.4) is 0 Å². The van der Waals surface area contributed by atoms with E-state index < -0.39 is 5.91 Å². The number of carbonyl (C=O) groups excluding carboxylic acids is 1. The molecule has 0 bridgehead atoms. The zero-order chi connectivity index (χ0) is 23.6. The summed E-state index contributed by atoms with van der Waals surface area (Å²) in [7, 11) is 0. The number of fused-ring (bicyclic) bond motifs is 1. The minimum Gasteiger partial charge on any atom is -0.490 e. The van der Waals surface area contributed by atoms with Crippen LogP contribution in [0.25, 0.3) is 0 Å². The summed E-state index contributed by atoms with van der Waals surface area (Å²) in [5.41, 5.74) is 4.59. The molecule has 1 amide bonds. The van der Waals surface area contributed by atoms with Crippen molar-refractivity contribution in [3.8, 4) is 17.6 Å². The van der Waals surface area contributed by atoms with Crippen LogP contribution in [0.1, 0.15) is 62.8 Å². The molecule has 0 heterocycles. The summed E-state index contributed by atoms with van der Waals surface area (Å²) in [5, 5.41) is 15.6. The predicted octanol–water partition coefficient (Wildman–Crippen LogP) is 5.45. The molecule has 0 saturated heterocycles. The average Bonchev–Trinajstić information content (AvgIpc) is 2.84. The molecule has 6 nitrogen and oxygen atoms in total. The summed E-state index contributed by atoms with van der Waals surface area (Å²) in [4.78, 5) is 12.8. The monoisotopic (exact) mass is 447 g/mol. The average molecular weight is 448 g/mol. The van der Waals surface area contributed by atoms with Crippen molar-refractivity contribution in [1.82, 2.24) is 5.32 Å². The van der Waals surface area contributed by atoms with Gasteiger partial charge in [0.2, 0.25) is 0 Å². The van der Waals surface area contributed by atoms with Crippen molar-refractivity contribution in [2.24, 2.45) is 0 Å². The first-order valence-electron chi connectivity index (χ1n) is 11.8. The lowest BCUT2D eigenvalue weighted by molar-refractivity contribution is -0.117. The van der Waals surface area contributed by atoms with Gasteiger partial charge in [-0.05, 0) is 74.8 Å². The van der Waals surface area contributed by atoms with E-state index in [4.69, 9.17) is 9.47 Å². The Bertz CT molecular complexity index is 1040. The third kappa shape index (κ3) is 6.29. The lowest BCUT2D eigenvalue weighted by Gasteiger charge is -2.21. The van der Waals surface area contributed by atoms with Crippen LogP contribution in [0.5, 0.6) is 11.5 Å². The van der Waals surface area contributed by atoms with Gasteiger partial charge < -0.3 is 20.1 Å². The molecule has 1 unspecified atom stereocenters. The molecule has 0 radical (unpaired) electrons. The van der Waals surface area contributed by atoms with Crippen molar-refractivity contribution in [3.63, 3.8) is 0 Å². The molecule has 1 aliphatic carbocycles. The van der Waals surface area contributed by atoms with Crippen molar-refractivity contribution in [2.45, 2.75) is 58.9 Å². The van der Waals surface area contributed by atoms with Crippen LogP contribution in [-0.4, -0.2) is 19.1 Å². The first-order chi connectivity index (χ1) is 16.1. The van der Waals surface area contributed by atoms with Gasteiger partial charge in [0.05, 0.1) is 19.3 Å². The molecule has 6 heteroatoms. The lowest BCUT2D eigenvalue weighted by atomic mass is 9.88. The molecule has 0 fully saturated rings. The maximum Gasteiger partial charge on any atom is 0.263 e. The molecular weight excluding hydrogens is 414 g/mol. The molecule has 0 saturated carbocycles. The topological polar surface area (TPSA) is 83.4 Å². The van der Waals surface area contributed by atoms with E-state index in [2.05, 4.69) is 28.8 Å². The number of nitriles is 1. The fourth-order valence-electron chi connectivity index (χ4n) is 4.07. The first kappa shape index (κ1) is 24.2. The summed E-state index contributed by atoms with van der Waals surface area (Å²) in [6.07, 6.45) is 6.84. The Morgan fingerprint density at radius 3 is 2.45 bits per heavy atom. The Morgan fingerprint density at radius 2 is 1.76 bits per heavy atom. The highest BCUT2D eigenvalue weighted by Gasteiger charge is 2.18. The second-order valence-corrected chi connectivity index (χ2v) is 8.01. The molecular formula is C27H33N3O3. The lowest BCUT2D eigenvalue weighted by Crippen LogP contribution is -2.29. The number of nitrogens with zero attached hydrogens (tertiary/aromatic N) is 1. The minimum atomic E-state index is -0.398. The van der Waals surface area contributed by atoms with Crippen LogP contribution in [-0.2, 0) is 17.6 Å². The summed E-state index contributed by atoms with van der Waals surface area (Å²) in [6.45, 7) is 6.89. The van der Waals surface area contributed by atoms with Crippen LogP contribution in [0, 0.1) is 11.3 Å². The molecule has 1 aliphatic rings. The highest BCUT2D eigenvalue weighted by atomic mass is 16.5. The maximum absolute atomic E-state index is 12.8. The summed E-state index contributed by atoms with van der Waals surface area (Å²) in [6, 6.07) is 13.8. The number of benzene rings is 2. The van der Waals surface area contributed by atoms with Crippen molar-refractivity contribution in [2.75, 3.05) is 18.5 Å². The fraction of sp³-hybridized carbons (Fsp3) is 0.407. The second-order valence-electron chi connectivity index (χ2n) is 8.01. The van der Waals surface area contributed by atoms with Gasteiger partial charge in [-0.2, -0.15) is 5.26 Å². The van der Waals surface area contributed by atoms with Gasteiger partial charge in [-0.1, -0.05) is 25.1 Å². The first-order valence-corrected chi connectivity index (χ1v) is 11.8. The molecule has 3 rings (SSSR count). The molecule has 0 spiro atoms. The van der Waals surface area contributed by atoms with E-state index in [-0.39, 0.29) is 11.6 Å². The van der Waals surface area contributed by atoms with E-state index in [1.807, 2.05) is 32.9 Å². The number of rotatable bonds is 10. The molecule has 1 atom stereocenters. The highest BCUT2D eigenvalue weighted by Crippen LogP contribution is 2.31. The maximum atomic E-state index is 12.8. The van der Waals surface area contributed by atoms with E-state index in [1.165, 1.54) is 30.2 Å². The van der Waals surface area contributed by atoms with E-state index in [9.17, 15) is 10.1 Å². The molecule has 2 N–H and O–H groups in total. The Balaban J connectivity index is 1.71. The Kier molecular flexibility index (Phi) is 8.77. The number of amides is 1. The Labute approximate surface area is 196 Å². The zero-order valence-corrected chi connectivity index (χ0v) is 19.7. The molecule has 2 aromatic carbocycles. The van der Waals surface area contributed by atoms with Crippen molar-refractivity contribution in [1.29, 1.82) is 5.26 Å². The minimum absolute atomic E-state index is 0.0123. The van der Waals surface area contributed by atoms with Gasteiger partial charge in [0.15, 0.2) is 11.5 Å². The van der Waals surface area contributed by atoms with Crippen LogP contribution in [0.15, 0.2) is 48.2 Å². The van der Waals surface area contributed by atoms with Gasteiger partial charge in [-0.15, -0.1) is 0 Å². The third-order valence-corrected chi connectivity index (χ3v) is 5.78. The predicted molar refractivity (Wildman–Crippen MR) is 130 cm³/mol. The number of anilines is 1. The van der Waals surface area contributed by atoms with Gasteiger partial charge >= 0.3 is 0 Å². The number of nitrogens with one attached hydrogen (secondary N) is 2. The number of hydrogen-bond acceptors (Lipinski definition) is 5. The van der Waals surface area contributed by atoms with Gasteiger partial charge in [0.25, 0.3) is 5.91 Å². The Morgan fingerprint density at radius 1 is 1.03 bits per heavy atom. The highest BCUT2D eigenvalue weighted by molar-refractivity contribution is 5.97. The third-order valence-electron chi connectivity index (χ3n) is 5.78. The van der Waals surface area contributed by atoms with E-state index in [1.54, 1.807) is 12.1 Å². The zero-order valence-electron chi connectivity index (χ0n) is 19.7. The number of aryl methyl sites for hydroxylation is 2. The SMILES string of the molecule is CCOc1ccc(N/C=C(/C#N)C(=O)NC(CC)c2ccc3c(c2)CCCC3)cc1OCC. The Hall–Kier alpha value is -3.46. The molecule has 2 aromatic rings. The van der Waals surface area contributed by atoms with E-state index in [0.717, 1.165) is 24.8 Å². The number of carbonyl (C=O) groups is 1. The quantitative estimate of drug-likeness (QED) is 0.374. The van der Waals surface area contributed by atoms with E-state index in [0.29, 0.717) is 30.4 Å².